The van der Waals surface area contributed by atoms with Crippen LogP contribution in [0.15, 0.2) is 71.6 Å². The number of hydrogen-bond donors (Lipinski definition) is 2. The van der Waals surface area contributed by atoms with Crippen LogP contribution < -0.4 is 10.6 Å². The van der Waals surface area contributed by atoms with Crippen molar-refractivity contribution < 1.29 is 18.8 Å². The first kappa shape index (κ1) is 24.5. The third-order valence-electron chi connectivity index (χ3n) is 6.03. The summed E-state index contributed by atoms with van der Waals surface area (Å²) in [5.74, 6) is -1.16. The average Bonchev–Trinajstić information content (AvgIpc) is 3.58. The fourth-order valence-electron chi connectivity index (χ4n) is 4.25. The van der Waals surface area contributed by atoms with Crippen LogP contribution in [0.5, 0.6) is 0 Å². The summed E-state index contributed by atoms with van der Waals surface area (Å²) in [7, 11) is 0. The van der Waals surface area contributed by atoms with Gasteiger partial charge in [0.1, 0.15) is 6.04 Å². The Bertz CT molecular complexity index is 1150. The maximum atomic E-state index is 13.6. The molecule has 0 unspecified atom stereocenters. The maximum Gasteiger partial charge on any atom is 0.287 e. The van der Waals surface area contributed by atoms with Crippen LogP contribution in [0.3, 0.4) is 0 Å². The Morgan fingerprint density at radius 2 is 1.89 bits per heavy atom. The van der Waals surface area contributed by atoms with E-state index in [1.807, 2.05) is 6.07 Å². The first-order chi connectivity index (χ1) is 17.0. The van der Waals surface area contributed by atoms with E-state index in [2.05, 4.69) is 15.6 Å². The summed E-state index contributed by atoms with van der Waals surface area (Å²) < 4.78 is 5.10. The molecule has 1 saturated carbocycles. The molecule has 0 radical (unpaired) electrons. The van der Waals surface area contributed by atoms with Gasteiger partial charge in [0.25, 0.3) is 5.91 Å². The molecule has 0 saturated heterocycles. The van der Waals surface area contributed by atoms with Gasteiger partial charge in [-0.05, 0) is 42.7 Å². The molecule has 1 aliphatic carbocycles. The highest BCUT2D eigenvalue weighted by atomic mass is 35.5. The zero-order valence-electron chi connectivity index (χ0n) is 19.2. The quantitative estimate of drug-likeness (QED) is 0.469. The fraction of sp³-hybridized carbons (Fsp3) is 0.308. The van der Waals surface area contributed by atoms with E-state index in [9.17, 15) is 14.4 Å². The van der Waals surface area contributed by atoms with E-state index in [-0.39, 0.29) is 30.8 Å². The molecule has 1 atom stereocenters. The zero-order chi connectivity index (χ0) is 24.6. The van der Waals surface area contributed by atoms with E-state index in [0.29, 0.717) is 16.1 Å². The SMILES string of the molecule is O=C(NCC(=O)N(Cc1ccccc1Cl)[C@H](C(=O)NC1CCCC1)c1cccnc1)c1ccco1. The Balaban J connectivity index is 1.63. The van der Waals surface area contributed by atoms with E-state index in [1.165, 1.54) is 17.2 Å². The van der Waals surface area contributed by atoms with Crippen LogP contribution >= 0.6 is 11.6 Å². The van der Waals surface area contributed by atoms with Crippen molar-refractivity contribution in [2.24, 2.45) is 0 Å². The Morgan fingerprint density at radius 1 is 1.09 bits per heavy atom. The summed E-state index contributed by atoms with van der Waals surface area (Å²) in [5.41, 5.74) is 1.25. The van der Waals surface area contributed by atoms with Gasteiger partial charge in [0.15, 0.2) is 5.76 Å². The van der Waals surface area contributed by atoms with Gasteiger partial charge in [-0.1, -0.05) is 48.7 Å². The lowest BCUT2D eigenvalue weighted by Gasteiger charge is -2.32. The van der Waals surface area contributed by atoms with E-state index in [1.54, 1.807) is 48.8 Å². The lowest BCUT2D eigenvalue weighted by molar-refractivity contribution is -0.141. The highest BCUT2D eigenvalue weighted by molar-refractivity contribution is 6.31. The Hall–Kier alpha value is -3.65. The lowest BCUT2D eigenvalue weighted by Crippen LogP contribution is -2.48. The molecule has 1 aromatic carbocycles. The molecule has 8 nitrogen and oxygen atoms in total. The summed E-state index contributed by atoms with van der Waals surface area (Å²) in [6.07, 6.45) is 8.50. The van der Waals surface area contributed by atoms with E-state index >= 15 is 0 Å². The second-order valence-corrected chi connectivity index (χ2v) is 8.86. The summed E-state index contributed by atoms with van der Waals surface area (Å²) >= 11 is 6.40. The van der Waals surface area contributed by atoms with Crippen molar-refractivity contribution in [3.05, 3.63) is 89.1 Å². The molecule has 3 aromatic rings. The molecule has 2 aromatic heterocycles. The average molecular weight is 495 g/mol. The van der Waals surface area contributed by atoms with E-state index in [4.69, 9.17) is 16.0 Å². The van der Waals surface area contributed by atoms with Gasteiger partial charge in [0.05, 0.1) is 12.8 Å². The highest BCUT2D eigenvalue weighted by Crippen LogP contribution is 2.27. The second kappa shape index (κ2) is 11.7. The van der Waals surface area contributed by atoms with Gasteiger partial charge in [-0.2, -0.15) is 0 Å². The number of carbonyl (C=O) groups is 3. The number of carbonyl (C=O) groups excluding carboxylic acids is 3. The van der Waals surface area contributed by atoms with Crippen molar-refractivity contribution in [3.8, 4) is 0 Å². The monoisotopic (exact) mass is 494 g/mol. The molecule has 0 aliphatic heterocycles. The number of benzene rings is 1. The molecular formula is C26H27ClN4O4. The zero-order valence-corrected chi connectivity index (χ0v) is 19.9. The molecule has 4 rings (SSSR count). The predicted octanol–water partition coefficient (Wildman–Crippen LogP) is 3.89. The Kier molecular flexibility index (Phi) is 8.15. The molecule has 0 bridgehead atoms. The number of halogens is 1. The van der Waals surface area contributed by atoms with Gasteiger partial charge in [0.2, 0.25) is 11.8 Å². The molecule has 2 heterocycles. The van der Waals surface area contributed by atoms with Crippen molar-refractivity contribution in [2.45, 2.75) is 44.3 Å². The first-order valence-corrected chi connectivity index (χ1v) is 12.0. The number of rotatable bonds is 9. The van der Waals surface area contributed by atoms with Crippen molar-refractivity contribution in [3.63, 3.8) is 0 Å². The number of amides is 3. The van der Waals surface area contributed by atoms with E-state index in [0.717, 1.165) is 25.7 Å². The van der Waals surface area contributed by atoms with Crippen LogP contribution in [0.4, 0.5) is 0 Å². The fourth-order valence-corrected chi connectivity index (χ4v) is 4.44. The topological polar surface area (TPSA) is 105 Å². The van der Waals surface area contributed by atoms with Crippen molar-refractivity contribution in [2.75, 3.05) is 6.54 Å². The number of nitrogens with one attached hydrogen (secondary N) is 2. The van der Waals surface area contributed by atoms with Gasteiger partial charge < -0.3 is 20.0 Å². The third kappa shape index (κ3) is 6.27. The number of furan rings is 1. The smallest absolute Gasteiger partial charge is 0.287 e. The summed E-state index contributed by atoms with van der Waals surface area (Å²) in [6.45, 7) is -0.246. The normalized spacial score (nSPS) is 14.3. The molecule has 3 amide bonds. The molecule has 1 fully saturated rings. The number of nitrogens with zero attached hydrogens (tertiary/aromatic N) is 2. The minimum Gasteiger partial charge on any atom is -0.459 e. The van der Waals surface area contributed by atoms with Gasteiger partial charge in [0, 0.05) is 35.6 Å². The van der Waals surface area contributed by atoms with E-state index < -0.39 is 17.9 Å². The summed E-state index contributed by atoms with van der Waals surface area (Å²) in [4.78, 5) is 45.1. The van der Waals surface area contributed by atoms with Gasteiger partial charge in [-0.3, -0.25) is 19.4 Å². The molecule has 1 aliphatic rings. The molecule has 2 N–H and O–H groups in total. The van der Waals surface area contributed by atoms with Crippen LogP contribution in [0.25, 0.3) is 0 Å². The van der Waals surface area contributed by atoms with Crippen molar-refractivity contribution in [1.82, 2.24) is 20.5 Å². The highest BCUT2D eigenvalue weighted by Gasteiger charge is 2.34. The number of hydrogen-bond acceptors (Lipinski definition) is 5. The molecule has 0 spiro atoms. The summed E-state index contributed by atoms with van der Waals surface area (Å²) in [5, 5.41) is 6.16. The second-order valence-electron chi connectivity index (χ2n) is 8.45. The van der Waals surface area contributed by atoms with Crippen LogP contribution in [-0.4, -0.2) is 40.2 Å². The van der Waals surface area contributed by atoms with Crippen molar-refractivity contribution in [1.29, 1.82) is 0 Å². The molecular weight excluding hydrogens is 468 g/mol. The van der Waals surface area contributed by atoms with Crippen molar-refractivity contribution >= 4 is 29.3 Å². The molecule has 35 heavy (non-hydrogen) atoms. The van der Waals surface area contributed by atoms with Crippen LogP contribution in [0.2, 0.25) is 5.02 Å². The third-order valence-corrected chi connectivity index (χ3v) is 6.39. The molecule has 182 valence electrons. The van der Waals surface area contributed by atoms with Crippen LogP contribution in [0, 0.1) is 0 Å². The number of aromatic nitrogens is 1. The minimum atomic E-state index is -0.950. The predicted molar refractivity (Wildman–Crippen MR) is 130 cm³/mol. The Morgan fingerprint density at radius 3 is 2.57 bits per heavy atom. The van der Waals surface area contributed by atoms with Gasteiger partial charge in [-0.15, -0.1) is 0 Å². The van der Waals surface area contributed by atoms with Gasteiger partial charge in [-0.25, -0.2) is 0 Å². The Labute approximate surface area is 208 Å². The lowest BCUT2D eigenvalue weighted by atomic mass is 10.0. The van der Waals surface area contributed by atoms with Crippen LogP contribution in [0.1, 0.15) is 53.4 Å². The van der Waals surface area contributed by atoms with Crippen LogP contribution in [-0.2, 0) is 16.1 Å². The summed E-state index contributed by atoms with van der Waals surface area (Å²) in [6, 6.07) is 12.9. The molecule has 9 heteroatoms. The minimum absolute atomic E-state index is 0.0672. The standard InChI is InChI=1S/C26H27ClN4O4/c27-21-11-4-1-7-19(21)17-31(23(32)16-29-25(33)22-12-6-14-35-22)24(18-8-5-13-28-15-18)26(34)30-20-9-2-3-10-20/h1,4-8,11-15,20,24H,2-3,9-10,16-17H2,(H,29,33)(H,30,34)/t24-/m0/s1. The number of pyridine rings is 1. The first-order valence-electron chi connectivity index (χ1n) is 11.6. The maximum absolute atomic E-state index is 13.6. The van der Waals surface area contributed by atoms with Gasteiger partial charge >= 0.3 is 0 Å². The largest absolute Gasteiger partial charge is 0.459 e.